The molecule has 3 heterocycles. The van der Waals surface area contributed by atoms with Crippen molar-refractivity contribution in [1.29, 1.82) is 0 Å². The summed E-state index contributed by atoms with van der Waals surface area (Å²) in [5, 5.41) is 12.9. The zero-order valence-electron chi connectivity index (χ0n) is 21.3. The van der Waals surface area contributed by atoms with Crippen molar-refractivity contribution < 1.29 is 51.6 Å². The zero-order valence-corrected chi connectivity index (χ0v) is 21.3. The SMILES string of the molecule is CC(C)(C(=O)O)c1cc2cc(NC(=O)C3(c4ccc5c(c4)OC(F)(F)O5)CC3)c(F)cc2n1C[C@@H]1COC(=O)O1. The summed E-state index contributed by atoms with van der Waals surface area (Å²) in [6, 6.07) is 8.27. The largest absolute Gasteiger partial charge is 0.586 e. The van der Waals surface area contributed by atoms with Gasteiger partial charge in [0.15, 0.2) is 17.6 Å². The van der Waals surface area contributed by atoms with Crippen molar-refractivity contribution >= 4 is 34.6 Å². The van der Waals surface area contributed by atoms with E-state index in [-0.39, 0.29) is 30.3 Å². The van der Waals surface area contributed by atoms with Gasteiger partial charge in [0.25, 0.3) is 0 Å². The molecule has 10 nitrogen and oxygen atoms in total. The van der Waals surface area contributed by atoms with Gasteiger partial charge in [-0.15, -0.1) is 8.78 Å². The standard InChI is InChI=1S/C27H23F3N2O8/c1-25(2,23(34)35)21-8-13-7-17(16(28)10-18(13)32(21)11-15-12-37-24(36)38-15)31-22(33)26(5-6-26)14-3-4-19-20(9-14)40-27(29,30)39-19/h3-4,7-10,15H,5-6,11-12H2,1-2H3,(H,31,33)(H,34,35)/t15-/m1/s1. The molecule has 1 saturated heterocycles. The van der Waals surface area contributed by atoms with Crippen LogP contribution < -0.4 is 14.8 Å². The van der Waals surface area contributed by atoms with Crippen LogP contribution in [0.3, 0.4) is 0 Å². The van der Waals surface area contributed by atoms with Gasteiger partial charge >= 0.3 is 18.4 Å². The van der Waals surface area contributed by atoms with E-state index < -0.39 is 47.1 Å². The predicted octanol–water partition coefficient (Wildman–Crippen LogP) is 4.67. The van der Waals surface area contributed by atoms with Crippen molar-refractivity contribution in [3.8, 4) is 11.5 Å². The Morgan fingerprint density at radius 2 is 1.85 bits per heavy atom. The van der Waals surface area contributed by atoms with E-state index in [1.807, 2.05) is 0 Å². The van der Waals surface area contributed by atoms with Gasteiger partial charge in [0.05, 0.1) is 23.2 Å². The summed E-state index contributed by atoms with van der Waals surface area (Å²) in [5.74, 6) is -2.77. The van der Waals surface area contributed by atoms with Crippen LogP contribution in [-0.4, -0.2) is 46.7 Å². The number of rotatable bonds is 7. The number of aliphatic carboxylic acids is 1. The second-order valence-electron chi connectivity index (χ2n) is 10.6. The number of carbonyl (C=O) groups excluding carboxylic acids is 2. The molecule has 2 aliphatic heterocycles. The number of cyclic esters (lactones) is 2. The predicted molar refractivity (Wildman–Crippen MR) is 131 cm³/mol. The van der Waals surface area contributed by atoms with Crippen LogP contribution in [0.4, 0.5) is 23.7 Å². The van der Waals surface area contributed by atoms with Crippen LogP contribution >= 0.6 is 0 Å². The molecule has 2 N–H and O–H groups in total. The van der Waals surface area contributed by atoms with Gasteiger partial charge in [0, 0.05) is 17.1 Å². The Balaban J connectivity index is 1.32. The summed E-state index contributed by atoms with van der Waals surface area (Å²) in [4.78, 5) is 36.8. The van der Waals surface area contributed by atoms with E-state index in [0.29, 0.717) is 35.0 Å². The second-order valence-corrected chi connectivity index (χ2v) is 10.6. The maximum absolute atomic E-state index is 15.4. The molecule has 0 radical (unpaired) electrons. The van der Waals surface area contributed by atoms with E-state index in [1.165, 1.54) is 44.2 Å². The van der Waals surface area contributed by atoms with Crippen LogP contribution in [0.1, 0.15) is 37.9 Å². The molecular formula is C27H23F3N2O8. The van der Waals surface area contributed by atoms with Crippen LogP contribution in [-0.2, 0) is 36.4 Å². The number of ether oxygens (including phenoxy) is 4. The first-order valence-corrected chi connectivity index (χ1v) is 12.4. The fraction of sp³-hybridized carbons (Fsp3) is 0.370. The van der Waals surface area contributed by atoms with Crippen LogP contribution in [0.5, 0.6) is 11.5 Å². The van der Waals surface area contributed by atoms with Crippen molar-refractivity contribution in [3.05, 3.63) is 53.5 Å². The Morgan fingerprint density at radius 3 is 2.50 bits per heavy atom. The topological polar surface area (TPSA) is 125 Å². The van der Waals surface area contributed by atoms with Gasteiger partial charge in [-0.2, -0.15) is 0 Å². The highest BCUT2D eigenvalue weighted by molar-refractivity contribution is 6.03. The molecule has 40 heavy (non-hydrogen) atoms. The van der Waals surface area contributed by atoms with Crippen LogP contribution in [0.2, 0.25) is 0 Å². The lowest BCUT2D eigenvalue weighted by Crippen LogP contribution is -2.33. The normalized spacial score (nSPS) is 20.2. The molecular weight excluding hydrogens is 537 g/mol. The average molecular weight is 560 g/mol. The number of hydrogen-bond donors (Lipinski definition) is 2. The van der Waals surface area contributed by atoms with E-state index in [1.54, 1.807) is 10.6 Å². The van der Waals surface area contributed by atoms with E-state index in [9.17, 15) is 28.3 Å². The maximum Gasteiger partial charge on any atom is 0.586 e. The first kappa shape index (κ1) is 25.8. The van der Waals surface area contributed by atoms with E-state index in [2.05, 4.69) is 14.8 Å². The highest BCUT2D eigenvalue weighted by Crippen LogP contribution is 2.52. The number of aromatic nitrogens is 1. The third-order valence-electron chi connectivity index (χ3n) is 7.59. The minimum atomic E-state index is -3.80. The van der Waals surface area contributed by atoms with E-state index in [4.69, 9.17) is 9.47 Å². The lowest BCUT2D eigenvalue weighted by atomic mass is 9.89. The summed E-state index contributed by atoms with van der Waals surface area (Å²) in [5.41, 5.74) is -1.50. The van der Waals surface area contributed by atoms with Crippen molar-refractivity contribution in [2.24, 2.45) is 0 Å². The number of fused-ring (bicyclic) bond motifs is 2. The third kappa shape index (κ3) is 4.16. The van der Waals surface area contributed by atoms with Gasteiger partial charge in [-0.3, -0.25) is 9.59 Å². The van der Waals surface area contributed by atoms with Gasteiger partial charge in [-0.25, -0.2) is 9.18 Å². The number of carbonyl (C=O) groups is 3. The Morgan fingerprint density at radius 1 is 1.12 bits per heavy atom. The van der Waals surface area contributed by atoms with Gasteiger partial charge < -0.3 is 33.9 Å². The van der Waals surface area contributed by atoms with E-state index in [0.717, 1.165) is 0 Å². The molecule has 2 fully saturated rings. The number of nitrogens with zero attached hydrogens (tertiary/aromatic N) is 1. The molecule has 2 aromatic carbocycles. The number of anilines is 1. The van der Waals surface area contributed by atoms with Crippen molar-refractivity contribution in [2.45, 2.75) is 56.5 Å². The van der Waals surface area contributed by atoms with Gasteiger partial charge in [0.2, 0.25) is 5.91 Å². The Hall–Kier alpha value is -4.42. The monoisotopic (exact) mass is 560 g/mol. The molecule has 0 spiro atoms. The number of halogens is 3. The summed E-state index contributed by atoms with van der Waals surface area (Å²) in [6.45, 7) is 2.98. The number of nitrogens with one attached hydrogen (secondary N) is 1. The van der Waals surface area contributed by atoms with Crippen LogP contribution in [0.25, 0.3) is 10.9 Å². The minimum absolute atomic E-state index is 0.0265. The Bertz CT molecular complexity index is 1590. The number of carboxylic acid groups (broad SMARTS) is 1. The molecule has 1 aromatic heterocycles. The number of hydrogen-bond acceptors (Lipinski definition) is 7. The molecule has 3 aromatic rings. The van der Waals surface area contributed by atoms with Crippen molar-refractivity contribution in [3.63, 3.8) is 0 Å². The molecule has 13 heteroatoms. The van der Waals surface area contributed by atoms with E-state index >= 15 is 4.39 Å². The van der Waals surface area contributed by atoms with Crippen LogP contribution in [0, 0.1) is 5.82 Å². The molecule has 210 valence electrons. The number of carboxylic acids is 1. The lowest BCUT2D eigenvalue weighted by Gasteiger charge is -2.23. The third-order valence-corrected chi connectivity index (χ3v) is 7.59. The molecule has 1 aliphatic carbocycles. The lowest BCUT2D eigenvalue weighted by molar-refractivity contribution is -0.286. The average Bonchev–Trinajstić information content (AvgIpc) is 3.34. The zero-order chi connectivity index (χ0) is 28.6. The molecule has 1 atom stereocenters. The second kappa shape index (κ2) is 8.54. The summed E-state index contributed by atoms with van der Waals surface area (Å²) in [7, 11) is 0. The number of alkyl halides is 2. The van der Waals surface area contributed by atoms with Gasteiger partial charge in [0.1, 0.15) is 17.8 Å². The summed E-state index contributed by atoms with van der Waals surface area (Å²) in [6.07, 6.45) is -4.52. The molecule has 1 amide bonds. The molecule has 6 rings (SSSR count). The Kier molecular flexibility index (Phi) is 5.51. The summed E-state index contributed by atoms with van der Waals surface area (Å²) >= 11 is 0. The molecule has 1 saturated carbocycles. The molecule has 0 unspecified atom stereocenters. The maximum atomic E-state index is 15.4. The number of amides is 1. The Labute approximate surface area is 224 Å². The van der Waals surface area contributed by atoms with Gasteiger partial charge in [-0.05, 0) is 56.5 Å². The molecule has 0 bridgehead atoms. The smallest absolute Gasteiger partial charge is 0.481 e. The quantitative estimate of drug-likeness (QED) is 0.400. The fourth-order valence-corrected chi connectivity index (χ4v) is 5.12. The summed E-state index contributed by atoms with van der Waals surface area (Å²) < 4.78 is 62.7. The first-order valence-electron chi connectivity index (χ1n) is 12.4. The van der Waals surface area contributed by atoms with Crippen molar-refractivity contribution in [2.75, 3.05) is 11.9 Å². The first-order chi connectivity index (χ1) is 18.8. The minimum Gasteiger partial charge on any atom is -0.481 e. The van der Waals surface area contributed by atoms with Crippen LogP contribution in [0.15, 0.2) is 36.4 Å². The molecule has 3 aliphatic rings. The number of benzene rings is 2. The van der Waals surface area contributed by atoms with Gasteiger partial charge in [-0.1, -0.05) is 6.07 Å². The fourth-order valence-electron chi connectivity index (χ4n) is 5.12. The highest BCUT2D eigenvalue weighted by atomic mass is 19.3. The van der Waals surface area contributed by atoms with Crippen molar-refractivity contribution in [1.82, 2.24) is 4.57 Å². The highest BCUT2D eigenvalue weighted by Gasteiger charge is 2.53.